The number of anilines is 2. The summed E-state index contributed by atoms with van der Waals surface area (Å²) < 4.78 is 29.8. The molecule has 7 heteroatoms. The summed E-state index contributed by atoms with van der Waals surface area (Å²) in [6.07, 6.45) is -0.792. The van der Waals surface area contributed by atoms with Gasteiger partial charge in [-0.1, -0.05) is 0 Å². The maximum absolute atomic E-state index is 14.4. The molecule has 0 spiro atoms. The highest BCUT2D eigenvalue weighted by molar-refractivity contribution is 5.90. The smallest absolute Gasteiger partial charge is 0.414 e. The Morgan fingerprint density at radius 1 is 1.36 bits per heavy atom. The third kappa shape index (κ3) is 3.00. The van der Waals surface area contributed by atoms with E-state index in [1.807, 2.05) is 4.90 Å². The predicted octanol–water partition coefficient (Wildman–Crippen LogP) is 1.63. The van der Waals surface area contributed by atoms with Crippen LogP contribution in [0.4, 0.5) is 20.6 Å². The number of methoxy groups -OCH3 is 1. The Kier molecular flexibility index (Phi) is 4.44. The van der Waals surface area contributed by atoms with Crippen LogP contribution in [0.15, 0.2) is 18.2 Å². The van der Waals surface area contributed by atoms with Crippen LogP contribution in [0.1, 0.15) is 0 Å². The van der Waals surface area contributed by atoms with E-state index >= 15 is 0 Å². The largest absolute Gasteiger partial charge is 0.441 e. The zero-order chi connectivity index (χ0) is 15.5. The van der Waals surface area contributed by atoms with Gasteiger partial charge in [0, 0.05) is 20.2 Å². The summed E-state index contributed by atoms with van der Waals surface area (Å²) in [4.78, 5) is 15.2. The standard InChI is InChI=1S/C15H19FN2O4/c1-20-10-12-9-18(15(19)22-12)11-2-3-14(13(16)8-11)17-4-6-21-7-5-17/h2-3,8,12H,4-7,9-10H2,1H3/t12-/m1/s1. The lowest BCUT2D eigenvalue weighted by molar-refractivity contribution is 0.0718. The molecule has 0 aliphatic carbocycles. The second-order valence-corrected chi connectivity index (χ2v) is 5.31. The molecule has 2 aliphatic rings. The second-order valence-electron chi connectivity index (χ2n) is 5.31. The van der Waals surface area contributed by atoms with E-state index in [2.05, 4.69) is 0 Å². The fourth-order valence-corrected chi connectivity index (χ4v) is 2.73. The normalized spacial score (nSPS) is 22.1. The number of benzene rings is 1. The van der Waals surface area contributed by atoms with E-state index in [0.29, 0.717) is 50.8 Å². The van der Waals surface area contributed by atoms with Gasteiger partial charge >= 0.3 is 6.09 Å². The van der Waals surface area contributed by atoms with Gasteiger partial charge in [-0.15, -0.1) is 0 Å². The van der Waals surface area contributed by atoms with Gasteiger partial charge in [-0.3, -0.25) is 4.90 Å². The average Bonchev–Trinajstić information content (AvgIpc) is 2.89. The van der Waals surface area contributed by atoms with Crippen LogP contribution in [-0.4, -0.2) is 58.8 Å². The molecule has 1 aromatic rings. The monoisotopic (exact) mass is 310 g/mol. The maximum Gasteiger partial charge on any atom is 0.414 e. The molecule has 1 amide bonds. The fraction of sp³-hybridized carbons (Fsp3) is 0.533. The van der Waals surface area contributed by atoms with E-state index in [4.69, 9.17) is 14.2 Å². The van der Waals surface area contributed by atoms with Crippen LogP contribution < -0.4 is 9.80 Å². The highest BCUT2D eigenvalue weighted by atomic mass is 19.1. The number of hydrogen-bond acceptors (Lipinski definition) is 5. The minimum absolute atomic E-state index is 0.320. The molecule has 0 saturated carbocycles. The summed E-state index contributed by atoms with van der Waals surface area (Å²) >= 11 is 0. The SMILES string of the molecule is COC[C@H]1CN(c2ccc(N3CCOCC3)c(F)c2)C(=O)O1. The van der Waals surface area contributed by atoms with E-state index in [1.54, 1.807) is 19.2 Å². The molecule has 0 aromatic heterocycles. The molecule has 2 heterocycles. The van der Waals surface area contributed by atoms with Crippen molar-refractivity contribution in [3.8, 4) is 0 Å². The topological polar surface area (TPSA) is 51.2 Å². The molecule has 6 nitrogen and oxygen atoms in total. The van der Waals surface area contributed by atoms with E-state index in [-0.39, 0.29) is 11.9 Å². The first kappa shape index (κ1) is 15.1. The highest BCUT2D eigenvalue weighted by Gasteiger charge is 2.32. The third-order valence-electron chi connectivity index (χ3n) is 3.82. The summed E-state index contributed by atoms with van der Waals surface area (Å²) in [6, 6.07) is 4.82. The molecule has 0 bridgehead atoms. The lowest BCUT2D eigenvalue weighted by atomic mass is 10.2. The van der Waals surface area contributed by atoms with Crippen molar-refractivity contribution >= 4 is 17.5 Å². The van der Waals surface area contributed by atoms with Crippen LogP contribution >= 0.6 is 0 Å². The Balaban J connectivity index is 1.75. The summed E-state index contributed by atoms with van der Waals surface area (Å²) in [7, 11) is 1.55. The quantitative estimate of drug-likeness (QED) is 0.846. The number of amides is 1. The Labute approximate surface area is 128 Å². The Morgan fingerprint density at radius 2 is 2.14 bits per heavy atom. The van der Waals surface area contributed by atoms with Crippen molar-refractivity contribution in [3.63, 3.8) is 0 Å². The van der Waals surface area contributed by atoms with E-state index in [1.165, 1.54) is 11.0 Å². The van der Waals surface area contributed by atoms with Crippen molar-refractivity contribution in [3.05, 3.63) is 24.0 Å². The number of cyclic esters (lactones) is 1. The summed E-state index contributed by atoms with van der Waals surface area (Å²) in [5.74, 6) is -0.345. The van der Waals surface area contributed by atoms with Gasteiger partial charge in [0.2, 0.25) is 0 Å². The Hall–Kier alpha value is -1.86. The van der Waals surface area contributed by atoms with Crippen LogP contribution in [0.2, 0.25) is 0 Å². The third-order valence-corrected chi connectivity index (χ3v) is 3.82. The van der Waals surface area contributed by atoms with Crippen molar-refractivity contribution < 1.29 is 23.4 Å². The van der Waals surface area contributed by atoms with Gasteiger partial charge < -0.3 is 19.1 Å². The van der Waals surface area contributed by atoms with Crippen LogP contribution in [-0.2, 0) is 14.2 Å². The number of carbonyl (C=O) groups excluding carboxylic acids is 1. The number of nitrogens with zero attached hydrogens (tertiary/aromatic N) is 2. The van der Waals surface area contributed by atoms with Gasteiger partial charge in [0.1, 0.15) is 11.9 Å². The molecule has 2 saturated heterocycles. The molecule has 0 unspecified atom stereocenters. The summed E-state index contributed by atoms with van der Waals surface area (Å²) in [5.41, 5.74) is 1.03. The number of halogens is 1. The molecular weight excluding hydrogens is 291 g/mol. The highest BCUT2D eigenvalue weighted by Crippen LogP contribution is 2.28. The van der Waals surface area contributed by atoms with Crippen molar-refractivity contribution in [1.29, 1.82) is 0 Å². The van der Waals surface area contributed by atoms with Gasteiger partial charge in [0.05, 0.1) is 37.7 Å². The maximum atomic E-state index is 14.4. The zero-order valence-electron chi connectivity index (χ0n) is 12.5. The summed E-state index contributed by atoms with van der Waals surface area (Å²) in [6.45, 7) is 3.21. The number of carbonyl (C=O) groups is 1. The molecule has 22 heavy (non-hydrogen) atoms. The van der Waals surface area contributed by atoms with Gasteiger partial charge in [-0.05, 0) is 18.2 Å². The van der Waals surface area contributed by atoms with Gasteiger partial charge in [-0.25, -0.2) is 9.18 Å². The van der Waals surface area contributed by atoms with Crippen LogP contribution in [0.5, 0.6) is 0 Å². The first-order valence-electron chi connectivity index (χ1n) is 7.28. The predicted molar refractivity (Wildman–Crippen MR) is 78.9 cm³/mol. The fourth-order valence-electron chi connectivity index (χ4n) is 2.73. The first-order chi connectivity index (χ1) is 10.7. The molecule has 2 aliphatic heterocycles. The minimum Gasteiger partial charge on any atom is -0.441 e. The van der Waals surface area contributed by atoms with Gasteiger partial charge in [-0.2, -0.15) is 0 Å². The van der Waals surface area contributed by atoms with Gasteiger partial charge in [0.15, 0.2) is 0 Å². The summed E-state index contributed by atoms with van der Waals surface area (Å²) in [5, 5.41) is 0. The zero-order valence-corrected chi connectivity index (χ0v) is 12.5. The van der Waals surface area contributed by atoms with Crippen LogP contribution in [0.3, 0.4) is 0 Å². The minimum atomic E-state index is -0.472. The molecule has 120 valence electrons. The molecule has 1 aromatic carbocycles. The molecule has 1 atom stereocenters. The van der Waals surface area contributed by atoms with Crippen molar-refractivity contribution in [2.45, 2.75) is 6.10 Å². The Bertz CT molecular complexity index is 548. The molecule has 0 N–H and O–H groups in total. The second kappa shape index (κ2) is 6.50. The number of ether oxygens (including phenoxy) is 3. The first-order valence-corrected chi connectivity index (χ1v) is 7.28. The molecule has 3 rings (SSSR count). The van der Waals surface area contributed by atoms with Crippen molar-refractivity contribution in [2.24, 2.45) is 0 Å². The lowest BCUT2D eigenvalue weighted by Crippen LogP contribution is -2.36. The molecule has 0 radical (unpaired) electrons. The lowest BCUT2D eigenvalue weighted by Gasteiger charge is -2.29. The van der Waals surface area contributed by atoms with E-state index in [0.717, 1.165) is 0 Å². The number of rotatable bonds is 4. The number of morpholine rings is 1. The van der Waals surface area contributed by atoms with Gasteiger partial charge in [0.25, 0.3) is 0 Å². The van der Waals surface area contributed by atoms with Crippen molar-refractivity contribution in [1.82, 2.24) is 0 Å². The molecular formula is C15H19FN2O4. The van der Waals surface area contributed by atoms with E-state index < -0.39 is 6.09 Å². The van der Waals surface area contributed by atoms with Crippen LogP contribution in [0.25, 0.3) is 0 Å². The molecule has 2 fully saturated rings. The number of hydrogen-bond donors (Lipinski definition) is 0. The Morgan fingerprint density at radius 3 is 2.82 bits per heavy atom. The van der Waals surface area contributed by atoms with E-state index in [9.17, 15) is 9.18 Å². The van der Waals surface area contributed by atoms with Crippen LogP contribution in [0, 0.1) is 5.82 Å². The average molecular weight is 310 g/mol. The van der Waals surface area contributed by atoms with Crippen molar-refractivity contribution in [2.75, 3.05) is 56.4 Å².